The number of hydrogen-bond acceptors (Lipinski definition) is 7. The Morgan fingerprint density at radius 2 is 2.29 bits per heavy atom. The van der Waals surface area contributed by atoms with E-state index in [0.717, 1.165) is 16.1 Å². The number of nitrogens with two attached hydrogens (primary N) is 1. The molecule has 0 aliphatic rings. The number of rotatable bonds is 2. The van der Waals surface area contributed by atoms with Crippen molar-refractivity contribution >= 4 is 27.9 Å². The van der Waals surface area contributed by atoms with Crippen molar-refractivity contribution in [2.75, 3.05) is 5.73 Å². The Bertz CT molecular complexity index is 622. The molecule has 0 aromatic carbocycles. The van der Waals surface area contributed by atoms with Crippen molar-refractivity contribution in [3.63, 3.8) is 0 Å². The van der Waals surface area contributed by atoms with Gasteiger partial charge >= 0.3 is 0 Å². The second kappa shape index (κ2) is 3.94. The van der Waals surface area contributed by atoms with Crippen LogP contribution in [0, 0.1) is 6.92 Å². The zero-order valence-corrected chi connectivity index (χ0v) is 10.5. The van der Waals surface area contributed by atoms with E-state index in [0.29, 0.717) is 16.7 Å². The lowest BCUT2D eigenvalue weighted by atomic mass is 10.2. The van der Waals surface area contributed by atoms with Crippen molar-refractivity contribution in [2.45, 2.75) is 6.92 Å². The quantitative estimate of drug-likeness (QED) is 0.770. The molecule has 17 heavy (non-hydrogen) atoms. The molecule has 0 amide bonds. The van der Waals surface area contributed by atoms with Crippen LogP contribution in [0.4, 0.5) is 5.00 Å². The Hall–Kier alpha value is -1.73. The minimum atomic E-state index is 0.428. The van der Waals surface area contributed by atoms with Gasteiger partial charge in [-0.3, -0.25) is 0 Å². The molecule has 3 aromatic heterocycles. The fraction of sp³-hybridized carbons (Fsp3) is 0.100. The molecule has 0 bridgehead atoms. The van der Waals surface area contributed by atoms with Crippen LogP contribution in [-0.4, -0.2) is 14.5 Å². The first-order chi connectivity index (χ1) is 8.25. The molecule has 0 fully saturated rings. The lowest BCUT2D eigenvalue weighted by Crippen LogP contribution is -1.86. The molecular formula is C10H8N4OS2. The van der Waals surface area contributed by atoms with Gasteiger partial charge < -0.3 is 10.3 Å². The molecule has 0 saturated carbocycles. The molecule has 2 N–H and O–H groups in total. The molecule has 0 aliphatic heterocycles. The number of nitrogens with zero attached hydrogens (tertiary/aromatic N) is 3. The van der Waals surface area contributed by atoms with Crippen LogP contribution in [0.25, 0.3) is 22.2 Å². The number of aryl methyl sites for hydroxylation is 1. The molecule has 0 spiro atoms. The molecule has 0 atom stereocenters. The molecule has 3 rings (SSSR count). The maximum Gasteiger partial charge on any atom is 0.263 e. The summed E-state index contributed by atoms with van der Waals surface area (Å²) < 4.78 is 9.38. The van der Waals surface area contributed by atoms with E-state index in [2.05, 4.69) is 14.5 Å². The highest BCUT2D eigenvalue weighted by molar-refractivity contribution is 7.13. The largest absolute Gasteiger partial charge is 0.389 e. The summed E-state index contributed by atoms with van der Waals surface area (Å²) in [7, 11) is 0. The average molecular weight is 264 g/mol. The highest BCUT2D eigenvalue weighted by atomic mass is 32.1. The smallest absolute Gasteiger partial charge is 0.263 e. The number of nitrogen functional groups attached to an aromatic ring is 1. The van der Waals surface area contributed by atoms with Crippen molar-refractivity contribution in [3.05, 3.63) is 23.2 Å². The van der Waals surface area contributed by atoms with Crippen LogP contribution in [-0.2, 0) is 0 Å². The van der Waals surface area contributed by atoms with Gasteiger partial charge in [0.1, 0.15) is 5.00 Å². The van der Waals surface area contributed by atoms with Crippen LogP contribution in [0.3, 0.4) is 0 Å². The van der Waals surface area contributed by atoms with Gasteiger partial charge in [-0.2, -0.15) is 9.36 Å². The van der Waals surface area contributed by atoms with E-state index in [9.17, 15) is 0 Å². The summed E-state index contributed by atoms with van der Waals surface area (Å²) in [5.41, 5.74) is 7.39. The summed E-state index contributed by atoms with van der Waals surface area (Å²) in [5, 5.41) is 6.51. The molecule has 5 nitrogen and oxygen atoms in total. The van der Waals surface area contributed by atoms with Crippen molar-refractivity contribution in [3.8, 4) is 22.2 Å². The number of anilines is 1. The summed E-state index contributed by atoms with van der Waals surface area (Å²) in [4.78, 5) is 5.31. The lowest BCUT2D eigenvalue weighted by Gasteiger charge is -1.91. The zero-order valence-electron chi connectivity index (χ0n) is 8.88. The second-order valence-electron chi connectivity index (χ2n) is 3.41. The van der Waals surface area contributed by atoms with Gasteiger partial charge in [-0.15, -0.1) is 11.3 Å². The second-order valence-corrected chi connectivity index (χ2v) is 5.16. The van der Waals surface area contributed by atoms with E-state index in [1.807, 2.05) is 24.4 Å². The third-order valence-corrected chi connectivity index (χ3v) is 3.90. The minimum absolute atomic E-state index is 0.428. The molecule has 0 aliphatic carbocycles. The van der Waals surface area contributed by atoms with E-state index >= 15 is 0 Å². The van der Waals surface area contributed by atoms with Gasteiger partial charge in [0.25, 0.3) is 5.89 Å². The van der Waals surface area contributed by atoms with Crippen LogP contribution in [0.2, 0.25) is 0 Å². The van der Waals surface area contributed by atoms with Crippen LogP contribution >= 0.6 is 22.9 Å². The van der Waals surface area contributed by atoms with Crippen molar-refractivity contribution in [2.24, 2.45) is 0 Å². The Morgan fingerprint density at radius 3 is 2.94 bits per heavy atom. The first-order valence-corrected chi connectivity index (χ1v) is 6.50. The van der Waals surface area contributed by atoms with E-state index in [1.165, 1.54) is 11.5 Å². The maximum atomic E-state index is 5.83. The summed E-state index contributed by atoms with van der Waals surface area (Å²) in [6.45, 7) is 1.87. The summed E-state index contributed by atoms with van der Waals surface area (Å²) in [6.07, 6.45) is 0. The van der Waals surface area contributed by atoms with E-state index in [-0.39, 0.29) is 0 Å². The predicted octanol–water partition coefficient (Wildman–Crippen LogP) is 2.81. The van der Waals surface area contributed by atoms with Gasteiger partial charge in [-0.05, 0) is 29.9 Å². The molecule has 3 heterocycles. The van der Waals surface area contributed by atoms with Gasteiger partial charge in [0.2, 0.25) is 5.82 Å². The van der Waals surface area contributed by atoms with Crippen molar-refractivity contribution in [1.29, 1.82) is 0 Å². The Labute approximate surface area is 105 Å². The van der Waals surface area contributed by atoms with Crippen LogP contribution in [0.1, 0.15) is 5.69 Å². The highest BCUT2D eigenvalue weighted by Gasteiger charge is 2.18. The topological polar surface area (TPSA) is 77.8 Å². The van der Waals surface area contributed by atoms with Crippen LogP contribution in [0.5, 0.6) is 0 Å². The normalized spacial score (nSPS) is 10.9. The summed E-state index contributed by atoms with van der Waals surface area (Å²) in [6, 6.07) is 3.89. The molecule has 3 aromatic rings. The molecular weight excluding hydrogens is 256 g/mol. The predicted molar refractivity (Wildman–Crippen MR) is 67.9 cm³/mol. The zero-order chi connectivity index (χ0) is 11.8. The third kappa shape index (κ3) is 1.73. The van der Waals surface area contributed by atoms with Crippen molar-refractivity contribution < 1.29 is 4.52 Å². The van der Waals surface area contributed by atoms with Gasteiger partial charge in [0.15, 0.2) is 0 Å². The minimum Gasteiger partial charge on any atom is -0.389 e. The van der Waals surface area contributed by atoms with E-state index in [4.69, 9.17) is 10.3 Å². The lowest BCUT2D eigenvalue weighted by molar-refractivity contribution is 0.432. The Balaban J connectivity index is 2.07. The van der Waals surface area contributed by atoms with Gasteiger partial charge in [0.05, 0.1) is 16.1 Å². The molecule has 0 radical (unpaired) electrons. The Morgan fingerprint density at radius 1 is 1.41 bits per heavy atom. The fourth-order valence-corrected chi connectivity index (χ4v) is 2.78. The van der Waals surface area contributed by atoms with Gasteiger partial charge in [-0.1, -0.05) is 11.2 Å². The van der Waals surface area contributed by atoms with Gasteiger partial charge in [-0.25, -0.2) is 0 Å². The molecule has 86 valence electrons. The summed E-state index contributed by atoms with van der Waals surface area (Å²) in [5.74, 6) is 1.01. The molecule has 0 unspecified atom stereocenters. The molecule has 0 saturated heterocycles. The Kier molecular flexibility index (Phi) is 2.41. The maximum absolute atomic E-state index is 5.83. The van der Waals surface area contributed by atoms with Gasteiger partial charge in [0, 0.05) is 0 Å². The number of aromatic nitrogens is 3. The fourth-order valence-electron chi connectivity index (χ4n) is 1.48. The molecule has 7 heteroatoms. The number of hydrogen-bond donors (Lipinski definition) is 1. The van der Waals surface area contributed by atoms with Crippen LogP contribution < -0.4 is 5.73 Å². The average Bonchev–Trinajstić information content (AvgIpc) is 2.98. The van der Waals surface area contributed by atoms with E-state index < -0.39 is 0 Å². The highest BCUT2D eigenvalue weighted by Crippen LogP contribution is 2.32. The number of thiophene rings is 1. The first-order valence-electron chi connectivity index (χ1n) is 4.85. The van der Waals surface area contributed by atoms with Crippen LogP contribution in [0.15, 0.2) is 22.0 Å². The standard InChI is InChI=1S/C10H8N4OS2/c1-5-7(8(11)17-14-5)10-12-9(13-15-10)6-3-2-4-16-6/h2-4H,11H2,1H3. The monoisotopic (exact) mass is 264 g/mol. The van der Waals surface area contributed by atoms with E-state index in [1.54, 1.807) is 11.3 Å². The van der Waals surface area contributed by atoms with Crippen molar-refractivity contribution in [1.82, 2.24) is 14.5 Å². The third-order valence-electron chi connectivity index (χ3n) is 2.27. The SMILES string of the molecule is Cc1nsc(N)c1-c1nc(-c2cccs2)no1. The first kappa shape index (κ1) is 10.4. The summed E-state index contributed by atoms with van der Waals surface area (Å²) >= 11 is 2.80.